The lowest BCUT2D eigenvalue weighted by molar-refractivity contribution is 0.112. The molecule has 0 radical (unpaired) electrons. The van der Waals surface area contributed by atoms with Crippen LogP contribution in [0.1, 0.15) is 16.2 Å². The molecule has 0 aliphatic heterocycles. The molecule has 16 heavy (non-hydrogen) atoms. The van der Waals surface area contributed by atoms with Gasteiger partial charge in [-0.1, -0.05) is 11.6 Å². The summed E-state index contributed by atoms with van der Waals surface area (Å²) in [7, 11) is 0. The number of rotatable bonds is 2. The number of aldehydes is 1. The smallest absolute Gasteiger partial charge is 0.155 e. The molecule has 82 valence electrons. The molecule has 2 aromatic rings. The highest BCUT2D eigenvalue weighted by atomic mass is 79.9. The van der Waals surface area contributed by atoms with Gasteiger partial charge in [0.2, 0.25) is 0 Å². The molecule has 0 saturated heterocycles. The largest absolute Gasteiger partial charge is 0.298 e. The van der Waals surface area contributed by atoms with E-state index in [1.54, 1.807) is 6.92 Å². The number of thiophene rings is 1. The first-order valence-corrected chi connectivity index (χ1v) is 6.46. The fourth-order valence-electron chi connectivity index (χ4n) is 1.31. The Balaban J connectivity index is 2.73. The minimum Gasteiger partial charge on any atom is -0.298 e. The number of carbonyl (C=O) groups is 1. The summed E-state index contributed by atoms with van der Waals surface area (Å²) in [5.74, 6) is 0.545. The molecule has 0 unspecified atom stereocenters. The first-order valence-electron chi connectivity index (χ1n) is 4.35. The van der Waals surface area contributed by atoms with Gasteiger partial charge in [0.05, 0.1) is 11.3 Å². The van der Waals surface area contributed by atoms with Crippen LogP contribution >= 0.6 is 38.9 Å². The highest BCUT2D eigenvalue weighted by Gasteiger charge is 2.15. The molecule has 3 nitrogen and oxygen atoms in total. The van der Waals surface area contributed by atoms with Crippen LogP contribution in [0.15, 0.2) is 15.2 Å². The second-order valence-corrected chi connectivity index (χ2v) is 5.03. The monoisotopic (exact) mass is 316 g/mol. The van der Waals surface area contributed by atoms with Crippen molar-refractivity contribution in [2.45, 2.75) is 6.92 Å². The molecule has 0 amide bonds. The molecule has 0 spiro atoms. The van der Waals surface area contributed by atoms with E-state index < -0.39 is 0 Å². The van der Waals surface area contributed by atoms with Gasteiger partial charge in [-0.3, -0.25) is 4.79 Å². The van der Waals surface area contributed by atoms with Crippen LogP contribution in [0, 0.1) is 6.92 Å². The molecule has 0 atom stereocenters. The molecule has 2 rings (SSSR count). The van der Waals surface area contributed by atoms with Crippen LogP contribution in [0.3, 0.4) is 0 Å². The number of aromatic nitrogens is 2. The Kier molecular flexibility index (Phi) is 3.37. The number of nitrogens with zero attached hydrogens (tertiary/aromatic N) is 2. The molecule has 0 aliphatic rings. The maximum atomic E-state index is 11.0. The molecule has 2 aromatic heterocycles. The Hall–Kier alpha value is -0.780. The van der Waals surface area contributed by atoms with E-state index >= 15 is 0 Å². The molecule has 0 aromatic carbocycles. The third-order valence-electron chi connectivity index (χ3n) is 2.00. The topological polar surface area (TPSA) is 42.9 Å². The molecule has 0 saturated carbocycles. The van der Waals surface area contributed by atoms with Crippen molar-refractivity contribution in [1.82, 2.24) is 9.97 Å². The lowest BCUT2D eigenvalue weighted by atomic mass is 10.1. The zero-order valence-electron chi connectivity index (χ0n) is 8.20. The summed E-state index contributed by atoms with van der Waals surface area (Å²) in [4.78, 5) is 19.2. The Labute approximate surface area is 110 Å². The third kappa shape index (κ3) is 2.03. The maximum Gasteiger partial charge on any atom is 0.155 e. The van der Waals surface area contributed by atoms with Gasteiger partial charge in [0.1, 0.15) is 11.0 Å². The van der Waals surface area contributed by atoms with Crippen molar-refractivity contribution in [3.05, 3.63) is 31.8 Å². The first-order chi connectivity index (χ1) is 7.63. The lowest BCUT2D eigenvalue weighted by Crippen LogP contribution is -1.98. The number of halogens is 2. The fourth-order valence-corrected chi connectivity index (χ4v) is 3.03. The highest BCUT2D eigenvalue weighted by Crippen LogP contribution is 2.33. The molecular formula is C10H6BrClN2OS. The average Bonchev–Trinajstić information content (AvgIpc) is 2.63. The van der Waals surface area contributed by atoms with Crippen LogP contribution in [-0.2, 0) is 0 Å². The third-order valence-corrected chi connectivity index (χ3v) is 3.99. The summed E-state index contributed by atoms with van der Waals surface area (Å²) in [6.45, 7) is 1.74. The highest BCUT2D eigenvalue weighted by molar-refractivity contribution is 9.10. The summed E-state index contributed by atoms with van der Waals surface area (Å²) in [6.07, 6.45) is 0.682. The fraction of sp³-hybridized carbons (Fsp3) is 0.100. The van der Waals surface area contributed by atoms with E-state index in [2.05, 4.69) is 25.9 Å². The molecule has 0 fully saturated rings. The normalized spacial score (nSPS) is 10.4. The van der Waals surface area contributed by atoms with Crippen molar-refractivity contribution in [2.75, 3.05) is 0 Å². The van der Waals surface area contributed by atoms with E-state index in [9.17, 15) is 4.79 Å². The predicted octanol–water partition coefficient (Wildman–Crippen LogP) is 3.74. The van der Waals surface area contributed by atoms with Crippen LogP contribution in [0.4, 0.5) is 0 Å². The van der Waals surface area contributed by atoms with Gasteiger partial charge >= 0.3 is 0 Å². The Morgan fingerprint density at radius 2 is 2.19 bits per heavy atom. The van der Waals surface area contributed by atoms with Gasteiger partial charge < -0.3 is 0 Å². The molecule has 6 heteroatoms. The molecule has 0 N–H and O–H groups in total. The number of hydrogen-bond acceptors (Lipinski definition) is 4. The Morgan fingerprint density at radius 1 is 1.44 bits per heavy atom. The van der Waals surface area contributed by atoms with Crippen LogP contribution in [-0.4, -0.2) is 16.3 Å². The van der Waals surface area contributed by atoms with Crippen molar-refractivity contribution in [2.24, 2.45) is 0 Å². The summed E-state index contributed by atoms with van der Waals surface area (Å²) in [5, 5.41) is 4.03. The van der Waals surface area contributed by atoms with Gasteiger partial charge in [-0.15, -0.1) is 0 Å². The predicted molar refractivity (Wildman–Crippen MR) is 68.2 cm³/mol. The van der Waals surface area contributed by atoms with E-state index in [-0.39, 0.29) is 5.15 Å². The van der Waals surface area contributed by atoms with Crippen molar-refractivity contribution in [1.29, 1.82) is 0 Å². The van der Waals surface area contributed by atoms with E-state index in [0.29, 0.717) is 23.4 Å². The van der Waals surface area contributed by atoms with E-state index in [0.717, 1.165) is 10.0 Å². The standard InChI is InChI=1S/C10H6BrClN2OS/c1-5-13-9(6(2-15)10(12)14-5)7-3-16-4-8(7)11/h2-4H,1H3. The summed E-state index contributed by atoms with van der Waals surface area (Å²) in [5.41, 5.74) is 1.76. The van der Waals surface area contributed by atoms with Crippen LogP contribution in [0.25, 0.3) is 11.3 Å². The first kappa shape index (κ1) is 11.7. The summed E-state index contributed by atoms with van der Waals surface area (Å²) in [6, 6.07) is 0. The second kappa shape index (κ2) is 4.61. The van der Waals surface area contributed by atoms with E-state index in [1.807, 2.05) is 10.8 Å². The second-order valence-electron chi connectivity index (χ2n) is 3.08. The van der Waals surface area contributed by atoms with E-state index in [1.165, 1.54) is 11.3 Å². The van der Waals surface area contributed by atoms with Gasteiger partial charge in [0.15, 0.2) is 6.29 Å². The summed E-state index contributed by atoms with van der Waals surface area (Å²) >= 11 is 10.8. The van der Waals surface area contributed by atoms with Gasteiger partial charge in [-0.05, 0) is 22.9 Å². The lowest BCUT2D eigenvalue weighted by Gasteiger charge is -2.05. The number of carbonyl (C=O) groups excluding carboxylic acids is 1. The average molecular weight is 318 g/mol. The van der Waals surface area contributed by atoms with Crippen molar-refractivity contribution < 1.29 is 4.79 Å². The number of aryl methyl sites for hydroxylation is 1. The molecule has 0 aliphatic carbocycles. The molecular weight excluding hydrogens is 312 g/mol. The Morgan fingerprint density at radius 3 is 2.75 bits per heavy atom. The van der Waals surface area contributed by atoms with Gasteiger partial charge in [-0.25, -0.2) is 9.97 Å². The van der Waals surface area contributed by atoms with E-state index in [4.69, 9.17) is 11.6 Å². The minimum absolute atomic E-state index is 0.190. The Bertz CT molecular complexity index is 556. The molecule has 0 bridgehead atoms. The maximum absolute atomic E-state index is 11.0. The SMILES string of the molecule is Cc1nc(Cl)c(C=O)c(-c2cscc2Br)n1. The zero-order valence-corrected chi connectivity index (χ0v) is 11.4. The zero-order chi connectivity index (χ0) is 11.7. The van der Waals surface area contributed by atoms with Crippen molar-refractivity contribution in [3.8, 4) is 11.3 Å². The van der Waals surface area contributed by atoms with Gasteiger partial charge in [0.25, 0.3) is 0 Å². The van der Waals surface area contributed by atoms with Gasteiger partial charge in [-0.2, -0.15) is 11.3 Å². The number of hydrogen-bond donors (Lipinski definition) is 0. The van der Waals surface area contributed by atoms with Crippen molar-refractivity contribution in [3.63, 3.8) is 0 Å². The van der Waals surface area contributed by atoms with Crippen LogP contribution in [0.5, 0.6) is 0 Å². The quantitative estimate of drug-likeness (QED) is 0.626. The minimum atomic E-state index is 0.190. The molecule has 2 heterocycles. The van der Waals surface area contributed by atoms with Crippen molar-refractivity contribution >= 4 is 45.2 Å². The summed E-state index contributed by atoms with van der Waals surface area (Å²) < 4.78 is 0.898. The van der Waals surface area contributed by atoms with Crippen LogP contribution < -0.4 is 0 Å². The van der Waals surface area contributed by atoms with Crippen LogP contribution in [0.2, 0.25) is 5.15 Å². The van der Waals surface area contributed by atoms with Gasteiger partial charge in [0, 0.05) is 20.8 Å².